The Morgan fingerprint density at radius 1 is 1.17 bits per heavy atom. The van der Waals surface area contributed by atoms with Crippen LogP contribution in [0, 0.1) is 11.8 Å². The van der Waals surface area contributed by atoms with E-state index in [0.29, 0.717) is 6.54 Å². The maximum Gasteiger partial charge on any atom is 0.410 e. The summed E-state index contributed by atoms with van der Waals surface area (Å²) in [4.78, 5) is 14.2. The van der Waals surface area contributed by atoms with Gasteiger partial charge in [0.25, 0.3) is 0 Å². The van der Waals surface area contributed by atoms with Gasteiger partial charge in [-0.3, -0.25) is 4.90 Å². The lowest BCUT2D eigenvalue weighted by molar-refractivity contribution is 0.0976. The minimum absolute atomic E-state index is 0.0863. The zero-order chi connectivity index (χ0) is 16.9. The quantitative estimate of drug-likeness (QED) is 0.778. The molecule has 0 bridgehead atoms. The van der Waals surface area contributed by atoms with Gasteiger partial charge in [-0.25, -0.2) is 4.79 Å². The average Bonchev–Trinajstić information content (AvgIpc) is 2.65. The molecule has 2 unspecified atom stereocenters. The zero-order valence-corrected chi connectivity index (χ0v) is 14.0. The van der Waals surface area contributed by atoms with Crippen molar-refractivity contribution >= 4 is 6.09 Å². The molecule has 1 aliphatic heterocycles. The molecule has 1 heterocycles. The van der Waals surface area contributed by atoms with Crippen molar-refractivity contribution in [1.29, 1.82) is 0 Å². The fourth-order valence-corrected chi connectivity index (χ4v) is 3.44. The van der Waals surface area contributed by atoms with E-state index in [-0.39, 0.29) is 18.1 Å². The Hall–Kier alpha value is -2.73. The first kappa shape index (κ1) is 16.1. The van der Waals surface area contributed by atoms with Crippen molar-refractivity contribution in [3.05, 3.63) is 71.3 Å². The van der Waals surface area contributed by atoms with Crippen LogP contribution in [0.25, 0.3) is 0 Å². The third-order valence-corrected chi connectivity index (χ3v) is 4.51. The van der Waals surface area contributed by atoms with Crippen LogP contribution in [0.15, 0.2) is 54.6 Å². The van der Waals surface area contributed by atoms with Crippen LogP contribution < -0.4 is 0 Å². The van der Waals surface area contributed by atoms with Crippen molar-refractivity contribution in [2.75, 3.05) is 13.7 Å². The summed E-state index contributed by atoms with van der Waals surface area (Å²) in [5.41, 5.74) is 3.55. The van der Waals surface area contributed by atoms with Crippen LogP contribution in [0.2, 0.25) is 0 Å². The normalized spacial score (nSPS) is 17.2. The minimum Gasteiger partial charge on any atom is -0.453 e. The van der Waals surface area contributed by atoms with E-state index in [1.54, 1.807) is 0 Å². The summed E-state index contributed by atoms with van der Waals surface area (Å²) in [6.07, 6.45) is 0.538. The molecule has 3 nitrogen and oxygen atoms in total. The molecule has 0 saturated carbocycles. The van der Waals surface area contributed by atoms with Gasteiger partial charge >= 0.3 is 6.09 Å². The molecule has 0 spiro atoms. The summed E-state index contributed by atoms with van der Waals surface area (Å²) in [7, 11) is 1.43. The molecule has 3 heteroatoms. The predicted octanol–water partition coefficient (Wildman–Crippen LogP) is 4.16. The molecule has 2 aromatic rings. The lowest BCUT2D eigenvalue weighted by atomic mass is 9.81. The van der Waals surface area contributed by atoms with E-state index in [9.17, 15) is 4.79 Å². The highest BCUT2D eigenvalue weighted by molar-refractivity contribution is 5.69. The first-order valence-electron chi connectivity index (χ1n) is 8.16. The molecule has 0 aliphatic carbocycles. The summed E-state index contributed by atoms with van der Waals surface area (Å²) in [6, 6.07) is 18.3. The predicted molar refractivity (Wildman–Crippen MR) is 94.6 cm³/mol. The number of ether oxygens (including phenoxy) is 1. The molecule has 122 valence electrons. The molecule has 2 aromatic carbocycles. The largest absolute Gasteiger partial charge is 0.453 e. The number of carbonyl (C=O) groups excluding carboxylic acids is 1. The molecular formula is C21H21NO2. The fraction of sp³-hybridized carbons (Fsp3) is 0.286. The standard InChI is InChI=1S/C21H21NO2/c1-3-9-18(16-10-5-4-6-11-16)20-19-13-8-7-12-17(19)14-15-22(20)21(23)24-2/h4-8,10-13,18,20H,14-15H2,1-2H3. The fourth-order valence-electron chi connectivity index (χ4n) is 3.44. The number of carbonyl (C=O) groups is 1. The number of amides is 1. The van der Waals surface area contributed by atoms with Gasteiger partial charge in [0, 0.05) is 6.54 Å². The number of nitrogens with zero attached hydrogens (tertiary/aromatic N) is 1. The molecule has 1 amide bonds. The van der Waals surface area contributed by atoms with Crippen LogP contribution in [-0.4, -0.2) is 24.6 Å². The average molecular weight is 319 g/mol. The van der Waals surface area contributed by atoms with E-state index in [2.05, 4.69) is 36.1 Å². The van der Waals surface area contributed by atoms with Crippen LogP contribution in [0.3, 0.4) is 0 Å². The highest BCUT2D eigenvalue weighted by Crippen LogP contribution is 2.40. The second-order valence-corrected chi connectivity index (χ2v) is 5.84. The van der Waals surface area contributed by atoms with Crippen molar-refractivity contribution < 1.29 is 9.53 Å². The molecule has 0 radical (unpaired) electrons. The maximum absolute atomic E-state index is 12.4. The van der Waals surface area contributed by atoms with Gasteiger partial charge in [0.05, 0.1) is 19.1 Å². The molecule has 0 N–H and O–H groups in total. The van der Waals surface area contributed by atoms with Crippen molar-refractivity contribution in [1.82, 2.24) is 4.90 Å². The Labute approximate surface area is 143 Å². The number of rotatable bonds is 2. The Kier molecular flexibility index (Phi) is 4.86. The molecule has 24 heavy (non-hydrogen) atoms. The smallest absolute Gasteiger partial charge is 0.410 e. The second-order valence-electron chi connectivity index (χ2n) is 5.84. The molecule has 0 saturated heterocycles. The topological polar surface area (TPSA) is 29.5 Å². The van der Waals surface area contributed by atoms with Crippen LogP contribution in [0.5, 0.6) is 0 Å². The van der Waals surface area contributed by atoms with Gasteiger partial charge in [0.1, 0.15) is 0 Å². The third kappa shape index (κ3) is 3.00. The molecule has 1 aliphatic rings. The Balaban J connectivity index is 2.13. The van der Waals surface area contributed by atoms with E-state index in [4.69, 9.17) is 4.74 Å². The van der Waals surface area contributed by atoms with E-state index in [1.807, 2.05) is 42.2 Å². The van der Waals surface area contributed by atoms with Crippen molar-refractivity contribution in [2.24, 2.45) is 0 Å². The number of fused-ring (bicyclic) bond motifs is 1. The van der Waals surface area contributed by atoms with Crippen molar-refractivity contribution in [2.45, 2.75) is 25.3 Å². The van der Waals surface area contributed by atoms with Gasteiger partial charge in [-0.1, -0.05) is 60.5 Å². The Bertz CT molecular complexity index is 773. The lowest BCUT2D eigenvalue weighted by Gasteiger charge is -2.39. The van der Waals surface area contributed by atoms with Crippen molar-refractivity contribution in [3.8, 4) is 11.8 Å². The molecule has 0 aromatic heterocycles. The van der Waals surface area contributed by atoms with Crippen LogP contribution in [0.1, 0.15) is 35.6 Å². The maximum atomic E-state index is 12.4. The molecular weight excluding hydrogens is 298 g/mol. The van der Waals surface area contributed by atoms with Gasteiger partial charge in [-0.15, -0.1) is 5.92 Å². The molecule has 3 rings (SSSR count). The highest BCUT2D eigenvalue weighted by Gasteiger charge is 2.36. The molecule has 2 atom stereocenters. The first-order valence-corrected chi connectivity index (χ1v) is 8.16. The minimum atomic E-state index is -0.298. The Morgan fingerprint density at radius 3 is 2.58 bits per heavy atom. The third-order valence-electron chi connectivity index (χ3n) is 4.51. The van der Waals surface area contributed by atoms with E-state index in [0.717, 1.165) is 17.5 Å². The second kappa shape index (κ2) is 7.23. The summed E-state index contributed by atoms with van der Waals surface area (Å²) in [5.74, 6) is 6.28. The summed E-state index contributed by atoms with van der Waals surface area (Å²) in [6.45, 7) is 2.48. The van der Waals surface area contributed by atoms with E-state index >= 15 is 0 Å². The van der Waals surface area contributed by atoms with E-state index < -0.39 is 0 Å². The van der Waals surface area contributed by atoms with Gasteiger partial charge in [0.2, 0.25) is 0 Å². The SMILES string of the molecule is CC#CC(c1ccccc1)C1c2ccccc2CCN1C(=O)OC. The first-order chi connectivity index (χ1) is 11.8. The number of hydrogen-bond donors (Lipinski definition) is 0. The highest BCUT2D eigenvalue weighted by atomic mass is 16.5. The van der Waals surface area contributed by atoms with E-state index in [1.165, 1.54) is 12.7 Å². The summed E-state index contributed by atoms with van der Waals surface area (Å²) >= 11 is 0. The van der Waals surface area contributed by atoms with Gasteiger partial charge in [-0.05, 0) is 30.0 Å². The lowest BCUT2D eigenvalue weighted by Crippen LogP contribution is -2.42. The monoisotopic (exact) mass is 319 g/mol. The summed E-state index contributed by atoms with van der Waals surface area (Å²) in [5, 5.41) is 0. The van der Waals surface area contributed by atoms with Gasteiger partial charge < -0.3 is 4.74 Å². The number of benzene rings is 2. The van der Waals surface area contributed by atoms with Gasteiger partial charge in [0.15, 0.2) is 0 Å². The van der Waals surface area contributed by atoms with Crippen LogP contribution in [-0.2, 0) is 11.2 Å². The zero-order valence-electron chi connectivity index (χ0n) is 14.0. The number of methoxy groups -OCH3 is 1. The molecule has 0 fully saturated rings. The van der Waals surface area contributed by atoms with Crippen molar-refractivity contribution in [3.63, 3.8) is 0 Å². The van der Waals surface area contributed by atoms with Crippen LogP contribution in [0.4, 0.5) is 4.79 Å². The van der Waals surface area contributed by atoms with Crippen LogP contribution >= 0.6 is 0 Å². The Morgan fingerprint density at radius 2 is 1.88 bits per heavy atom. The number of hydrogen-bond acceptors (Lipinski definition) is 2. The summed E-state index contributed by atoms with van der Waals surface area (Å²) < 4.78 is 5.04. The van der Waals surface area contributed by atoms with Gasteiger partial charge in [-0.2, -0.15) is 0 Å².